The Morgan fingerprint density at radius 3 is 2.60 bits per heavy atom. The minimum absolute atomic E-state index is 0.451. The smallest absolute Gasteiger partial charge is 0.0460 e. The molecule has 1 saturated heterocycles. The minimum atomic E-state index is 0.451. The third kappa shape index (κ3) is 3.47. The van der Waals surface area contributed by atoms with E-state index in [1.807, 2.05) is 0 Å². The average Bonchev–Trinajstić information content (AvgIpc) is 2.66. The topological polar surface area (TPSA) is 33.6 Å². The van der Waals surface area contributed by atoms with Crippen molar-refractivity contribution in [1.29, 1.82) is 5.41 Å². The number of likely N-dealkylation sites (N-methyl/N-ethyl adjacent to an activating group) is 1. The van der Waals surface area contributed by atoms with Crippen LogP contribution in [0.15, 0.2) is 24.3 Å². The van der Waals surface area contributed by atoms with Crippen molar-refractivity contribution in [2.24, 2.45) is 5.92 Å². The summed E-state index contributed by atoms with van der Waals surface area (Å²) in [6.45, 7) is 7.18. The molecule has 2 atom stereocenters. The average molecular weight is 341 g/mol. The number of nitrogens with one attached hydrogen (secondary N) is 1. The molecule has 4 nitrogen and oxygen atoms in total. The SMILES string of the molecule is CN1CCN(CCCN2c3ccccc3C(=N)C3CCCCC32)CC1. The lowest BCUT2D eigenvalue weighted by molar-refractivity contribution is 0.153. The third-order valence-electron chi connectivity index (χ3n) is 6.47. The minimum Gasteiger partial charge on any atom is -0.367 e. The Morgan fingerprint density at radius 2 is 1.76 bits per heavy atom. The number of fused-ring (bicyclic) bond motifs is 2. The van der Waals surface area contributed by atoms with Crippen molar-refractivity contribution in [2.45, 2.75) is 38.1 Å². The number of para-hydroxylation sites is 1. The van der Waals surface area contributed by atoms with Crippen molar-refractivity contribution >= 4 is 11.4 Å². The molecule has 4 rings (SSSR count). The molecule has 2 heterocycles. The van der Waals surface area contributed by atoms with Crippen molar-refractivity contribution in [3.8, 4) is 0 Å². The summed E-state index contributed by atoms with van der Waals surface area (Å²) < 4.78 is 0. The van der Waals surface area contributed by atoms with Crippen LogP contribution in [0.4, 0.5) is 5.69 Å². The van der Waals surface area contributed by atoms with Crippen molar-refractivity contribution in [1.82, 2.24) is 9.80 Å². The molecule has 0 spiro atoms. The van der Waals surface area contributed by atoms with Gasteiger partial charge in [-0.2, -0.15) is 0 Å². The molecule has 136 valence electrons. The molecule has 3 aliphatic rings. The predicted octanol–water partition coefficient (Wildman–Crippen LogP) is 3.07. The second-order valence-electron chi connectivity index (χ2n) is 8.08. The van der Waals surface area contributed by atoms with Crippen LogP contribution in [0.1, 0.15) is 37.7 Å². The number of hydrogen-bond donors (Lipinski definition) is 1. The monoisotopic (exact) mass is 340 g/mol. The molecule has 1 aromatic rings. The summed E-state index contributed by atoms with van der Waals surface area (Å²) in [5, 5.41) is 8.70. The van der Waals surface area contributed by atoms with Crippen LogP contribution in [0.2, 0.25) is 0 Å². The molecule has 0 radical (unpaired) electrons. The van der Waals surface area contributed by atoms with Crippen LogP contribution >= 0.6 is 0 Å². The fourth-order valence-corrected chi connectivity index (χ4v) is 4.97. The number of rotatable bonds is 4. The Bertz CT molecular complexity index is 606. The second-order valence-corrected chi connectivity index (χ2v) is 8.08. The van der Waals surface area contributed by atoms with Crippen LogP contribution < -0.4 is 4.90 Å². The number of piperazine rings is 1. The first-order valence-corrected chi connectivity index (χ1v) is 10.1. The number of hydrogen-bond acceptors (Lipinski definition) is 4. The Kier molecular flexibility index (Phi) is 5.09. The molecule has 1 aliphatic carbocycles. The molecular formula is C21H32N4. The van der Waals surface area contributed by atoms with E-state index in [4.69, 9.17) is 5.41 Å². The Labute approximate surface area is 152 Å². The van der Waals surface area contributed by atoms with Gasteiger partial charge < -0.3 is 20.1 Å². The van der Waals surface area contributed by atoms with Gasteiger partial charge in [0.2, 0.25) is 0 Å². The van der Waals surface area contributed by atoms with Crippen LogP contribution in [-0.2, 0) is 0 Å². The lowest BCUT2D eigenvalue weighted by atomic mass is 9.75. The molecular weight excluding hydrogens is 308 g/mol. The van der Waals surface area contributed by atoms with E-state index in [2.05, 4.69) is 46.0 Å². The van der Waals surface area contributed by atoms with Gasteiger partial charge in [0.05, 0.1) is 0 Å². The van der Waals surface area contributed by atoms with E-state index in [1.54, 1.807) is 0 Å². The number of nitrogens with zero attached hydrogens (tertiary/aromatic N) is 3. The van der Waals surface area contributed by atoms with Crippen LogP contribution in [0, 0.1) is 11.3 Å². The summed E-state index contributed by atoms with van der Waals surface area (Å²) in [5.41, 5.74) is 3.40. The van der Waals surface area contributed by atoms with Gasteiger partial charge in [0, 0.05) is 61.6 Å². The van der Waals surface area contributed by atoms with Gasteiger partial charge in [0.25, 0.3) is 0 Å². The number of benzene rings is 1. The maximum absolute atomic E-state index is 8.70. The normalized spacial score (nSPS) is 27.9. The summed E-state index contributed by atoms with van der Waals surface area (Å²) in [4.78, 5) is 7.71. The van der Waals surface area contributed by atoms with Crippen LogP contribution in [0.3, 0.4) is 0 Å². The molecule has 2 fully saturated rings. The highest BCUT2D eigenvalue weighted by Crippen LogP contribution is 2.40. The van der Waals surface area contributed by atoms with Crippen molar-refractivity contribution < 1.29 is 0 Å². The lowest BCUT2D eigenvalue weighted by Crippen LogP contribution is -2.51. The van der Waals surface area contributed by atoms with Crippen molar-refractivity contribution in [2.75, 3.05) is 51.2 Å². The van der Waals surface area contributed by atoms with Gasteiger partial charge in [-0.3, -0.25) is 0 Å². The van der Waals surface area contributed by atoms with E-state index < -0.39 is 0 Å². The first-order chi connectivity index (χ1) is 12.2. The van der Waals surface area contributed by atoms with Gasteiger partial charge in [-0.15, -0.1) is 0 Å². The Balaban J connectivity index is 1.45. The van der Waals surface area contributed by atoms with Gasteiger partial charge in [0.1, 0.15) is 0 Å². The number of anilines is 1. The Morgan fingerprint density at radius 1 is 1.00 bits per heavy atom. The first kappa shape index (κ1) is 17.0. The van der Waals surface area contributed by atoms with Gasteiger partial charge in [0.15, 0.2) is 0 Å². The van der Waals surface area contributed by atoms with Gasteiger partial charge in [-0.05, 0) is 38.9 Å². The molecule has 0 amide bonds. The zero-order valence-corrected chi connectivity index (χ0v) is 15.6. The van der Waals surface area contributed by atoms with E-state index in [0.29, 0.717) is 12.0 Å². The summed E-state index contributed by atoms with van der Waals surface area (Å²) in [6.07, 6.45) is 6.31. The van der Waals surface area contributed by atoms with Gasteiger partial charge >= 0.3 is 0 Å². The van der Waals surface area contributed by atoms with E-state index in [1.165, 1.54) is 76.1 Å². The van der Waals surface area contributed by atoms with E-state index in [-0.39, 0.29) is 0 Å². The van der Waals surface area contributed by atoms with Crippen LogP contribution in [-0.4, -0.2) is 67.9 Å². The van der Waals surface area contributed by atoms with Gasteiger partial charge in [-0.25, -0.2) is 0 Å². The van der Waals surface area contributed by atoms with E-state index >= 15 is 0 Å². The summed E-state index contributed by atoms with van der Waals surface area (Å²) in [6, 6.07) is 9.20. The molecule has 0 aromatic heterocycles. The quantitative estimate of drug-likeness (QED) is 0.914. The van der Waals surface area contributed by atoms with Crippen molar-refractivity contribution in [3.05, 3.63) is 29.8 Å². The lowest BCUT2D eigenvalue weighted by Gasteiger charge is -2.46. The molecule has 25 heavy (non-hydrogen) atoms. The predicted molar refractivity (Wildman–Crippen MR) is 105 cm³/mol. The van der Waals surface area contributed by atoms with Gasteiger partial charge in [-0.1, -0.05) is 31.0 Å². The van der Waals surface area contributed by atoms with Crippen molar-refractivity contribution in [3.63, 3.8) is 0 Å². The second kappa shape index (κ2) is 7.46. The summed E-state index contributed by atoms with van der Waals surface area (Å²) in [5.74, 6) is 0.451. The van der Waals surface area contributed by atoms with E-state index in [9.17, 15) is 0 Å². The summed E-state index contributed by atoms with van der Waals surface area (Å²) in [7, 11) is 2.22. The third-order valence-corrected chi connectivity index (χ3v) is 6.47. The molecule has 2 unspecified atom stereocenters. The largest absolute Gasteiger partial charge is 0.367 e. The highest BCUT2D eigenvalue weighted by molar-refractivity contribution is 6.07. The molecule has 2 aliphatic heterocycles. The highest BCUT2D eigenvalue weighted by atomic mass is 15.2. The maximum atomic E-state index is 8.70. The van der Waals surface area contributed by atoms with Crippen LogP contribution in [0.5, 0.6) is 0 Å². The molecule has 4 heteroatoms. The molecule has 1 saturated carbocycles. The zero-order valence-electron chi connectivity index (χ0n) is 15.6. The molecule has 0 bridgehead atoms. The highest BCUT2D eigenvalue weighted by Gasteiger charge is 2.38. The summed E-state index contributed by atoms with van der Waals surface area (Å²) >= 11 is 0. The fourth-order valence-electron chi connectivity index (χ4n) is 4.97. The molecule has 1 aromatic carbocycles. The standard InChI is InChI=1S/C21H32N4/c1-23-13-15-24(16-14-23)11-6-12-25-19-9-4-2-7-17(19)21(22)18-8-3-5-10-20(18)25/h2,4,7,9,18,20,22H,3,5-6,8,10-16H2,1H3. The molecule has 1 N–H and O–H groups in total. The maximum Gasteiger partial charge on any atom is 0.0460 e. The Hall–Kier alpha value is -1.39. The van der Waals surface area contributed by atoms with Crippen LogP contribution in [0.25, 0.3) is 0 Å². The zero-order chi connectivity index (χ0) is 17.2. The first-order valence-electron chi connectivity index (χ1n) is 10.1. The van der Waals surface area contributed by atoms with E-state index in [0.717, 1.165) is 12.3 Å². The fraction of sp³-hybridized carbons (Fsp3) is 0.667.